The Labute approximate surface area is 143 Å². The van der Waals surface area contributed by atoms with Gasteiger partial charge in [-0.15, -0.1) is 0 Å². The van der Waals surface area contributed by atoms with Crippen molar-refractivity contribution >= 4 is 38.5 Å². The predicted molar refractivity (Wildman–Crippen MR) is 92.9 cm³/mol. The molecule has 0 spiro atoms. The molecule has 0 bridgehead atoms. The van der Waals surface area contributed by atoms with Crippen LogP contribution >= 0.6 is 15.9 Å². The quantitative estimate of drug-likeness (QED) is 0.820. The Balaban J connectivity index is 2.06. The maximum atomic E-state index is 12.3. The average molecular weight is 379 g/mol. The number of nitrogens with zero attached hydrogens (tertiary/aromatic N) is 1. The van der Waals surface area contributed by atoms with Crippen LogP contribution in [0.1, 0.15) is 30.1 Å². The third-order valence-electron chi connectivity index (χ3n) is 3.83. The van der Waals surface area contributed by atoms with E-state index in [4.69, 9.17) is 9.47 Å². The van der Waals surface area contributed by atoms with Gasteiger partial charge in [-0.3, -0.25) is 4.98 Å². The van der Waals surface area contributed by atoms with Gasteiger partial charge in [-0.25, -0.2) is 4.79 Å². The molecule has 1 aromatic heterocycles. The van der Waals surface area contributed by atoms with Gasteiger partial charge in [0.15, 0.2) is 0 Å². The first kappa shape index (κ1) is 16.2. The maximum Gasteiger partial charge on any atom is 0.341 e. The molecule has 2 aromatic rings. The van der Waals surface area contributed by atoms with Crippen molar-refractivity contribution in [3.8, 4) is 0 Å². The monoisotopic (exact) mass is 378 g/mol. The molecule has 0 amide bonds. The molecule has 0 radical (unpaired) electrons. The molecule has 3 rings (SSSR count). The first-order valence-corrected chi connectivity index (χ1v) is 8.58. The zero-order valence-electron chi connectivity index (χ0n) is 13.0. The Hall–Kier alpha value is -1.66. The van der Waals surface area contributed by atoms with Gasteiger partial charge in [-0.05, 0) is 38.0 Å². The Bertz CT molecular complexity index is 714. The Morgan fingerprint density at radius 3 is 3.13 bits per heavy atom. The molecule has 1 atom stereocenters. The SMILES string of the molecule is CCOC(=O)c1cnc2ccc(Br)cc2c1N[C@@H]1CCCOC1. The summed E-state index contributed by atoms with van der Waals surface area (Å²) in [6.07, 6.45) is 3.61. The Kier molecular flexibility index (Phi) is 5.13. The van der Waals surface area contributed by atoms with Gasteiger partial charge < -0.3 is 14.8 Å². The molecule has 1 N–H and O–H groups in total. The number of benzene rings is 1. The van der Waals surface area contributed by atoms with Crippen LogP contribution in [0.3, 0.4) is 0 Å². The van der Waals surface area contributed by atoms with E-state index in [2.05, 4.69) is 26.2 Å². The van der Waals surface area contributed by atoms with Crippen molar-refractivity contribution in [3.63, 3.8) is 0 Å². The van der Waals surface area contributed by atoms with Crippen LogP contribution in [-0.4, -0.2) is 36.8 Å². The molecule has 0 aliphatic carbocycles. The number of aromatic nitrogens is 1. The number of nitrogens with one attached hydrogen (secondary N) is 1. The normalized spacial score (nSPS) is 17.9. The minimum atomic E-state index is -0.360. The molecule has 5 nitrogen and oxygen atoms in total. The van der Waals surface area contributed by atoms with Crippen LogP contribution in [0.5, 0.6) is 0 Å². The zero-order valence-corrected chi connectivity index (χ0v) is 14.6. The van der Waals surface area contributed by atoms with E-state index in [-0.39, 0.29) is 12.0 Å². The van der Waals surface area contributed by atoms with Gasteiger partial charge in [0.1, 0.15) is 5.56 Å². The number of carbonyl (C=O) groups excluding carboxylic acids is 1. The number of hydrogen-bond donors (Lipinski definition) is 1. The number of fused-ring (bicyclic) bond motifs is 1. The molecule has 6 heteroatoms. The number of carbonyl (C=O) groups is 1. The Morgan fingerprint density at radius 1 is 1.52 bits per heavy atom. The standard InChI is InChI=1S/C17H19BrN2O3/c1-2-23-17(21)14-9-19-15-6-5-11(18)8-13(15)16(14)20-12-4-3-7-22-10-12/h5-6,8-9,12H,2-4,7,10H2,1H3,(H,19,20)/t12-/m1/s1. The van der Waals surface area contributed by atoms with Crippen LogP contribution in [-0.2, 0) is 9.47 Å². The van der Waals surface area contributed by atoms with Crippen molar-refractivity contribution in [1.82, 2.24) is 4.98 Å². The fourth-order valence-corrected chi connectivity index (χ4v) is 3.10. The largest absolute Gasteiger partial charge is 0.462 e. The van der Waals surface area contributed by atoms with Gasteiger partial charge in [-0.2, -0.15) is 0 Å². The van der Waals surface area contributed by atoms with Gasteiger partial charge in [0.25, 0.3) is 0 Å². The second kappa shape index (κ2) is 7.27. The van der Waals surface area contributed by atoms with E-state index in [9.17, 15) is 4.79 Å². The van der Waals surface area contributed by atoms with E-state index >= 15 is 0 Å². The Morgan fingerprint density at radius 2 is 2.39 bits per heavy atom. The molecule has 23 heavy (non-hydrogen) atoms. The topological polar surface area (TPSA) is 60.5 Å². The summed E-state index contributed by atoms with van der Waals surface area (Å²) >= 11 is 3.49. The fraction of sp³-hybridized carbons (Fsp3) is 0.412. The number of anilines is 1. The summed E-state index contributed by atoms with van der Waals surface area (Å²) in [6, 6.07) is 6.02. The first-order chi connectivity index (χ1) is 11.2. The number of esters is 1. The predicted octanol–water partition coefficient (Wildman–Crippen LogP) is 3.76. The van der Waals surface area contributed by atoms with E-state index in [0.717, 1.165) is 40.5 Å². The summed E-state index contributed by atoms with van der Waals surface area (Å²) in [5, 5.41) is 4.37. The molecule has 122 valence electrons. The summed E-state index contributed by atoms with van der Waals surface area (Å²) in [7, 11) is 0. The lowest BCUT2D eigenvalue weighted by Gasteiger charge is -2.25. The number of pyridine rings is 1. The third kappa shape index (κ3) is 3.64. The van der Waals surface area contributed by atoms with Crippen LogP contribution in [0.4, 0.5) is 5.69 Å². The van der Waals surface area contributed by atoms with Crippen molar-refractivity contribution in [2.75, 3.05) is 25.1 Å². The zero-order chi connectivity index (χ0) is 16.2. The lowest BCUT2D eigenvalue weighted by Crippen LogP contribution is -2.31. The van der Waals surface area contributed by atoms with E-state index in [1.165, 1.54) is 0 Å². The summed E-state index contributed by atoms with van der Waals surface area (Å²) in [6.45, 7) is 3.57. The molecular weight excluding hydrogens is 360 g/mol. The second-order valence-corrected chi connectivity index (χ2v) is 6.40. The summed E-state index contributed by atoms with van der Waals surface area (Å²) in [5.41, 5.74) is 2.06. The van der Waals surface area contributed by atoms with Crippen LogP contribution in [0.15, 0.2) is 28.9 Å². The fourth-order valence-electron chi connectivity index (χ4n) is 2.74. The number of ether oxygens (including phenoxy) is 2. The maximum absolute atomic E-state index is 12.3. The van der Waals surface area contributed by atoms with Gasteiger partial charge in [0, 0.05) is 28.7 Å². The van der Waals surface area contributed by atoms with Gasteiger partial charge in [0.05, 0.1) is 24.4 Å². The lowest BCUT2D eigenvalue weighted by molar-refractivity contribution is 0.0526. The molecule has 0 unspecified atom stereocenters. The highest BCUT2D eigenvalue weighted by Gasteiger charge is 2.21. The highest BCUT2D eigenvalue weighted by Crippen LogP contribution is 2.30. The van der Waals surface area contributed by atoms with Crippen LogP contribution in [0.2, 0.25) is 0 Å². The molecule has 1 fully saturated rings. The third-order valence-corrected chi connectivity index (χ3v) is 4.33. The van der Waals surface area contributed by atoms with Gasteiger partial charge in [0.2, 0.25) is 0 Å². The van der Waals surface area contributed by atoms with Gasteiger partial charge in [-0.1, -0.05) is 15.9 Å². The summed E-state index contributed by atoms with van der Waals surface area (Å²) in [5.74, 6) is -0.360. The molecule has 1 aliphatic heterocycles. The van der Waals surface area contributed by atoms with E-state index in [1.807, 2.05) is 18.2 Å². The summed E-state index contributed by atoms with van der Waals surface area (Å²) in [4.78, 5) is 16.7. The van der Waals surface area contributed by atoms with Crippen molar-refractivity contribution in [1.29, 1.82) is 0 Å². The minimum Gasteiger partial charge on any atom is -0.462 e. The van der Waals surface area contributed by atoms with Crippen molar-refractivity contribution in [2.45, 2.75) is 25.8 Å². The van der Waals surface area contributed by atoms with E-state index in [0.29, 0.717) is 18.8 Å². The average Bonchev–Trinajstić information content (AvgIpc) is 2.56. The lowest BCUT2D eigenvalue weighted by atomic mass is 10.1. The summed E-state index contributed by atoms with van der Waals surface area (Å²) < 4.78 is 11.6. The smallest absolute Gasteiger partial charge is 0.341 e. The molecule has 0 saturated carbocycles. The van der Waals surface area contributed by atoms with E-state index in [1.54, 1.807) is 13.1 Å². The van der Waals surface area contributed by atoms with Crippen molar-refractivity contribution in [3.05, 3.63) is 34.4 Å². The number of rotatable bonds is 4. The minimum absolute atomic E-state index is 0.182. The van der Waals surface area contributed by atoms with Crippen molar-refractivity contribution in [2.24, 2.45) is 0 Å². The van der Waals surface area contributed by atoms with Crippen LogP contribution in [0, 0.1) is 0 Å². The number of halogens is 1. The van der Waals surface area contributed by atoms with E-state index < -0.39 is 0 Å². The van der Waals surface area contributed by atoms with Crippen molar-refractivity contribution < 1.29 is 14.3 Å². The highest BCUT2D eigenvalue weighted by molar-refractivity contribution is 9.10. The molecule has 1 aromatic carbocycles. The molecule has 1 saturated heterocycles. The first-order valence-electron chi connectivity index (χ1n) is 7.78. The van der Waals surface area contributed by atoms with Crippen LogP contribution < -0.4 is 5.32 Å². The highest BCUT2D eigenvalue weighted by atomic mass is 79.9. The van der Waals surface area contributed by atoms with Gasteiger partial charge >= 0.3 is 5.97 Å². The van der Waals surface area contributed by atoms with Crippen LogP contribution in [0.25, 0.3) is 10.9 Å². The number of hydrogen-bond acceptors (Lipinski definition) is 5. The second-order valence-electron chi connectivity index (χ2n) is 5.49. The molecule has 2 heterocycles. The molecular formula is C17H19BrN2O3. The molecule has 1 aliphatic rings.